The lowest BCUT2D eigenvalue weighted by Crippen LogP contribution is -2.32. The van der Waals surface area contributed by atoms with Gasteiger partial charge in [0.15, 0.2) is 5.13 Å². The molecule has 2 aromatic rings. The summed E-state index contributed by atoms with van der Waals surface area (Å²) in [6.07, 6.45) is 0.994. The zero-order valence-electron chi connectivity index (χ0n) is 11.1. The topological polar surface area (TPSA) is 68.0 Å². The first-order chi connectivity index (χ1) is 10.1. The maximum absolute atomic E-state index is 13.4. The number of rotatable bonds is 3. The normalized spacial score (nSPS) is 17.3. The molecule has 21 heavy (non-hydrogen) atoms. The van der Waals surface area contributed by atoms with E-state index in [1.807, 2.05) is 0 Å². The molecular weight excluding hydrogens is 309 g/mol. The highest BCUT2D eigenvalue weighted by molar-refractivity contribution is 7.99. The number of thiazole rings is 1. The van der Waals surface area contributed by atoms with E-state index in [9.17, 15) is 9.18 Å². The van der Waals surface area contributed by atoms with Gasteiger partial charge in [-0.25, -0.2) is 9.37 Å². The smallest absolute Gasteiger partial charge is 0.226 e. The number of hydrogen-bond acceptors (Lipinski definition) is 5. The Morgan fingerprint density at radius 1 is 1.52 bits per heavy atom. The molecule has 1 atom stereocenters. The molecule has 3 rings (SSSR count). The van der Waals surface area contributed by atoms with E-state index in [4.69, 9.17) is 5.73 Å². The second-order valence-electron chi connectivity index (χ2n) is 4.79. The molecule has 2 heterocycles. The van der Waals surface area contributed by atoms with Crippen molar-refractivity contribution >= 4 is 34.1 Å². The number of carbonyl (C=O) groups is 1. The lowest BCUT2D eigenvalue weighted by Gasteiger charge is -2.25. The van der Waals surface area contributed by atoms with Crippen molar-refractivity contribution in [2.24, 2.45) is 0 Å². The highest BCUT2D eigenvalue weighted by atomic mass is 32.2. The molecule has 0 bridgehead atoms. The Morgan fingerprint density at radius 3 is 3.14 bits per heavy atom. The molecule has 1 aliphatic heterocycles. The second-order valence-corrected chi connectivity index (χ2v) is 6.82. The maximum atomic E-state index is 13.4. The Bertz CT molecular complexity index is 674. The number of nitrogens with two attached hydrogens (primary N) is 1. The summed E-state index contributed by atoms with van der Waals surface area (Å²) in [4.78, 5) is 17.2. The molecule has 3 N–H and O–H groups in total. The third-order valence-corrected chi connectivity index (χ3v) is 5.10. The molecule has 0 aliphatic carbocycles. The third kappa shape index (κ3) is 3.36. The highest BCUT2D eigenvalue weighted by Gasteiger charge is 2.23. The van der Waals surface area contributed by atoms with Crippen LogP contribution < -0.4 is 11.1 Å². The molecule has 110 valence electrons. The van der Waals surface area contributed by atoms with Crippen LogP contribution in [0.3, 0.4) is 0 Å². The van der Waals surface area contributed by atoms with Crippen LogP contribution in [0.25, 0.3) is 0 Å². The number of carbonyl (C=O) groups excluding carboxylic acids is 1. The zero-order chi connectivity index (χ0) is 14.8. The van der Waals surface area contributed by atoms with E-state index in [0.717, 1.165) is 22.6 Å². The average Bonchev–Trinajstić information content (AvgIpc) is 2.84. The Morgan fingerprint density at radius 2 is 2.38 bits per heavy atom. The van der Waals surface area contributed by atoms with Gasteiger partial charge in [-0.2, -0.15) is 0 Å². The van der Waals surface area contributed by atoms with E-state index < -0.39 is 0 Å². The standard InChI is InChI=1S/C14H14FN3OS2/c15-8-1-2-12-10(5-8)11(3-4-20-12)18-13(19)6-9-7-21-14(16)17-9/h1-2,5,7,11H,3-4,6H2,(H2,16,17)(H,18,19). The summed E-state index contributed by atoms with van der Waals surface area (Å²) in [6.45, 7) is 0. The van der Waals surface area contributed by atoms with Gasteiger partial charge in [-0.05, 0) is 30.2 Å². The first-order valence-electron chi connectivity index (χ1n) is 6.53. The van der Waals surface area contributed by atoms with Gasteiger partial charge in [-0.1, -0.05) is 0 Å². The van der Waals surface area contributed by atoms with Crippen LogP contribution in [-0.2, 0) is 11.2 Å². The predicted octanol–water partition coefficient (Wildman–Crippen LogP) is 2.76. The van der Waals surface area contributed by atoms with Crippen LogP contribution >= 0.6 is 23.1 Å². The van der Waals surface area contributed by atoms with Crippen LogP contribution in [-0.4, -0.2) is 16.6 Å². The molecular formula is C14H14FN3OS2. The molecule has 0 saturated carbocycles. The summed E-state index contributed by atoms with van der Waals surface area (Å²) in [5.74, 6) is 0.517. The van der Waals surface area contributed by atoms with Crippen molar-refractivity contribution in [3.05, 3.63) is 40.7 Å². The summed E-state index contributed by atoms with van der Waals surface area (Å²) in [6, 6.07) is 4.59. The van der Waals surface area contributed by atoms with Gasteiger partial charge in [0.25, 0.3) is 0 Å². The number of fused-ring (bicyclic) bond motifs is 1. The van der Waals surface area contributed by atoms with Crippen molar-refractivity contribution in [2.75, 3.05) is 11.5 Å². The molecule has 0 saturated heterocycles. The minimum atomic E-state index is -0.275. The predicted molar refractivity (Wildman–Crippen MR) is 82.9 cm³/mol. The largest absolute Gasteiger partial charge is 0.375 e. The van der Waals surface area contributed by atoms with Crippen molar-refractivity contribution in [2.45, 2.75) is 23.8 Å². The number of benzene rings is 1. The van der Waals surface area contributed by atoms with E-state index in [1.54, 1.807) is 23.2 Å². The fourth-order valence-electron chi connectivity index (χ4n) is 2.33. The fourth-order valence-corrected chi connectivity index (χ4v) is 4.00. The van der Waals surface area contributed by atoms with Gasteiger partial charge in [-0.15, -0.1) is 23.1 Å². The number of halogens is 1. The minimum absolute atomic E-state index is 0.118. The van der Waals surface area contributed by atoms with Gasteiger partial charge < -0.3 is 11.1 Å². The number of anilines is 1. The summed E-state index contributed by atoms with van der Waals surface area (Å²) in [5.41, 5.74) is 7.07. The van der Waals surface area contributed by atoms with Crippen molar-refractivity contribution in [3.63, 3.8) is 0 Å². The molecule has 7 heteroatoms. The average molecular weight is 323 g/mol. The zero-order valence-corrected chi connectivity index (χ0v) is 12.8. The van der Waals surface area contributed by atoms with E-state index in [0.29, 0.717) is 10.8 Å². The second kappa shape index (κ2) is 6.03. The number of aromatic nitrogens is 1. The van der Waals surface area contributed by atoms with Crippen LogP contribution in [0.4, 0.5) is 9.52 Å². The number of nitrogen functional groups attached to an aromatic ring is 1. The molecule has 1 aliphatic rings. The first kappa shape index (κ1) is 14.3. The van der Waals surface area contributed by atoms with Gasteiger partial charge >= 0.3 is 0 Å². The van der Waals surface area contributed by atoms with Crippen LogP contribution in [0.1, 0.15) is 23.7 Å². The van der Waals surface area contributed by atoms with E-state index >= 15 is 0 Å². The molecule has 0 fully saturated rings. The number of thioether (sulfide) groups is 1. The minimum Gasteiger partial charge on any atom is -0.375 e. The van der Waals surface area contributed by atoms with Crippen molar-refractivity contribution < 1.29 is 9.18 Å². The van der Waals surface area contributed by atoms with Crippen LogP contribution in [0.5, 0.6) is 0 Å². The maximum Gasteiger partial charge on any atom is 0.226 e. The Labute approximate surface area is 130 Å². The van der Waals surface area contributed by atoms with Gasteiger partial charge in [-0.3, -0.25) is 4.79 Å². The fraction of sp³-hybridized carbons (Fsp3) is 0.286. The quantitative estimate of drug-likeness (QED) is 0.911. The summed E-state index contributed by atoms with van der Waals surface area (Å²) >= 11 is 3.01. The van der Waals surface area contributed by atoms with Crippen LogP contribution in [0.2, 0.25) is 0 Å². The molecule has 0 spiro atoms. The van der Waals surface area contributed by atoms with Crippen molar-refractivity contribution in [1.29, 1.82) is 0 Å². The van der Waals surface area contributed by atoms with E-state index in [2.05, 4.69) is 10.3 Å². The van der Waals surface area contributed by atoms with Crippen molar-refractivity contribution in [3.8, 4) is 0 Å². The SMILES string of the molecule is Nc1nc(CC(=O)NC2CCSc3ccc(F)cc32)cs1. The lowest BCUT2D eigenvalue weighted by molar-refractivity contribution is -0.121. The van der Waals surface area contributed by atoms with Gasteiger partial charge in [0.2, 0.25) is 5.91 Å². The number of nitrogens with one attached hydrogen (secondary N) is 1. The monoisotopic (exact) mass is 323 g/mol. The molecule has 1 aromatic carbocycles. The van der Waals surface area contributed by atoms with Gasteiger partial charge in [0.1, 0.15) is 5.82 Å². The number of nitrogens with zero attached hydrogens (tertiary/aromatic N) is 1. The van der Waals surface area contributed by atoms with E-state index in [1.165, 1.54) is 23.5 Å². The summed E-state index contributed by atoms with van der Waals surface area (Å²) < 4.78 is 13.4. The molecule has 1 amide bonds. The molecule has 0 radical (unpaired) electrons. The summed E-state index contributed by atoms with van der Waals surface area (Å²) in [7, 11) is 0. The Balaban J connectivity index is 1.71. The molecule has 4 nitrogen and oxygen atoms in total. The highest BCUT2D eigenvalue weighted by Crippen LogP contribution is 2.36. The van der Waals surface area contributed by atoms with Crippen molar-refractivity contribution in [1.82, 2.24) is 10.3 Å². The number of amides is 1. The third-order valence-electron chi connectivity index (χ3n) is 3.26. The first-order valence-corrected chi connectivity index (χ1v) is 8.40. The Kier molecular flexibility index (Phi) is 4.12. The van der Waals surface area contributed by atoms with Gasteiger partial charge in [0, 0.05) is 16.0 Å². The molecule has 1 unspecified atom stereocenters. The van der Waals surface area contributed by atoms with Crippen LogP contribution in [0, 0.1) is 5.82 Å². The lowest BCUT2D eigenvalue weighted by atomic mass is 10.0. The Hall–Kier alpha value is -1.60. The van der Waals surface area contributed by atoms with Gasteiger partial charge in [0.05, 0.1) is 18.2 Å². The van der Waals surface area contributed by atoms with Crippen LogP contribution in [0.15, 0.2) is 28.5 Å². The summed E-state index contributed by atoms with van der Waals surface area (Å²) in [5, 5.41) is 5.20. The molecule has 1 aromatic heterocycles. The number of hydrogen-bond donors (Lipinski definition) is 2. The van der Waals surface area contributed by atoms with E-state index in [-0.39, 0.29) is 24.2 Å².